The van der Waals surface area contributed by atoms with Crippen LogP contribution >= 0.6 is 0 Å². The molecule has 2 fully saturated rings. The molecule has 6 heterocycles. The van der Waals surface area contributed by atoms with Gasteiger partial charge in [-0.3, -0.25) is 9.69 Å². The highest BCUT2D eigenvalue weighted by atomic mass is 19.1. The molecule has 0 amide bonds. The predicted molar refractivity (Wildman–Crippen MR) is 155 cm³/mol. The maximum Gasteiger partial charge on any atom is 0.319 e. The average Bonchev–Trinajstić information content (AvgIpc) is 3.50. The van der Waals surface area contributed by atoms with Crippen molar-refractivity contribution < 1.29 is 22.6 Å². The molecule has 1 aromatic carbocycles. The molecule has 3 aliphatic rings. The second-order valence-electron chi connectivity index (χ2n) is 11.6. The fourth-order valence-corrected chi connectivity index (χ4v) is 6.65. The molecule has 0 aliphatic carbocycles. The summed E-state index contributed by atoms with van der Waals surface area (Å²) in [4.78, 5) is 31.0. The Morgan fingerprint density at radius 1 is 1.14 bits per heavy atom. The number of nitrogens with one attached hydrogen (secondary N) is 3. The largest absolute Gasteiger partial charge is 0.474 e. The molecule has 3 N–H and O–H groups in total. The zero-order chi connectivity index (χ0) is 29.7. The van der Waals surface area contributed by atoms with Crippen LogP contribution in [0.15, 0.2) is 29.2 Å². The van der Waals surface area contributed by atoms with Gasteiger partial charge in [0.2, 0.25) is 5.88 Å². The first-order valence-corrected chi connectivity index (χ1v) is 14.7. The van der Waals surface area contributed by atoms with Gasteiger partial charge in [0.15, 0.2) is 5.82 Å². The van der Waals surface area contributed by atoms with Crippen LogP contribution in [0.4, 0.5) is 19.0 Å². The van der Waals surface area contributed by atoms with E-state index < -0.39 is 34.6 Å². The molecule has 4 aromatic rings. The summed E-state index contributed by atoms with van der Waals surface area (Å²) in [6.07, 6.45) is 2.86. The fourth-order valence-electron chi connectivity index (χ4n) is 6.65. The number of alkyl halides is 1. The molecule has 0 spiro atoms. The summed E-state index contributed by atoms with van der Waals surface area (Å²) < 4.78 is 58.8. The third kappa shape index (κ3) is 4.93. The second-order valence-corrected chi connectivity index (χ2v) is 11.6. The number of halogens is 3. The minimum Gasteiger partial charge on any atom is -0.474 e. The summed E-state index contributed by atoms with van der Waals surface area (Å²) in [5.41, 5.74) is -1.94. The Balaban J connectivity index is 1.42. The number of H-pyrrole nitrogens is 1. The van der Waals surface area contributed by atoms with Gasteiger partial charge in [-0.25, -0.2) is 18.2 Å². The quantitative estimate of drug-likeness (QED) is 0.323. The molecule has 0 radical (unpaired) electrons. The minimum absolute atomic E-state index is 0.00948. The Hall–Kier alpha value is -3.97. The molecule has 7 rings (SSSR count). The number of ether oxygens (including phenoxy) is 2. The monoisotopic (exact) mass is 595 g/mol. The van der Waals surface area contributed by atoms with Crippen molar-refractivity contribution >= 4 is 27.5 Å². The van der Waals surface area contributed by atoms with E-state index in [1.165, 1.54) is 18.3 Å². The number of benzene rings is 1. The zero-order valence-corrected chi connectivity index (χ0v) is 23.7. The standard InChI is InChI=1S/C30H32F3N7O3/c1-16-5-8-34-10-11-35-26-22-25(38-29(39-26)42-15-30-7-2-12-40(30)14-18(31)13-30)23(33)24(37-28(22)43-16)21-19(32)4-3-17-6-9-36-27(41)20(17)21/h3-4,6,9,16,18,34H,2,5,7-8,10-15H2,1H3,(H,36,41)(H,35,38,39)/t16-,18+,30-/m0/s1. The van der Waals surface area contributed by atoms with Crippen LogP contribution in [0.2, 0.25) is 0 Å². The molecule has 2 saturated heterocycles. The van der Waals surface area contributed by atoms with Crippen molar-refractivity contribution in [1.82, 2.24) is 30.2 Å². The van der Waals surface area contributed by atoms with Crippen molar-refractivity contribution in [3.05, 3.63) is 46.4 Å². The number of pyridine rings is 2. The van der Waals surface area contributed by atoms with Gasteiger partial charge in [-0.05, 0) is 56.8 Å². The van der Waals surface area contributed by atoms with E-state index in [4.69, 9.17) is 9.47 Å². The van der Waals surface area contributed by atoms with Crippen molar-refractivity contribution in [1.29, 1.82) is 0 Å². The van der Waals surface area contributed by atoms with E-state index in [0.717, 1.165) is 19.4 Å². The van der Waals surface area contributed by atoms with Crippen LogP contribution in [-0.2, 0) is 0 Å². The van der Waals surface area contributed by atoms with E-state index in [1.807, 2.05) is 6.92 Å². The first kappa shape index (κ1) is 27.8. The average molecular weight is 596 g/mol. The summed E-state index contributed by atoms with van der Waals surface area (Å²) in [7, 11) is 0. The third-order valence-corrected chi connectivity index (χ3v) is 8.72. The fraction of sp³-hybridized carbons (Fsp3) is 0.467. The SMILES string of the molecule is C[C@H]1CCNCCNc2nc(OC[C@@]34CCCN3C[C@H](F)C4)nc3c(F)c(-c4c(F)ccc5cc[nH]c(=O)c45)nc(c23)O1. The molecule has 226 valence electrons. The lowest BCUT2D eigenvalue weighted by atomic mass is 9.95. The van der Waals surface area contributed by atoms with Crippen LogP contribution in [0.5, 0.6) is 11.9 Å². The van der Waals surface area contributed by atoms with Crippen molar-refractivity contribution in [3.63, 3.8) is 0 Å². The number of fused-ring (bicyclic) bond motifs is 2. The van der Waals surface area contributed by atoms with Gasteiger partial charge in [0.25, 0.3) is 5.56 Å². The van der Waals surface area contributed by atoms with Crippen LogP contribution in [0.1, 0.15) is 32.6 Å². The predicted octanol–water partition coefficient (Wildman–Crippen LogP) is 3.94. The number of nitrogens with zero attached hydrogens (tertiary/aromatic N) is 4. The summed E-state index contributed by atoms with van der Waals surface area (Å²) in [6.45, 7) is 4.89. The maximum absolute atomic E-state index is 16.7. The second kappa shape index (κ2) is 10.9. The highest BCUT2D eigenvalue weighted by Crippen LogP contribution is 2.42. The Kier molecular flexibility index (Phi) is 7.08. The molecule has 43 heavy (non-hydrogen) atoms. The van der Waals surface area contributed by atoms with Crippen LogP contribution in [-0.4, -0.2) is 82.0 Å². The van der Waals surface area contributed by atoms with Gasteiger partial charge in [-0.1, -0.05) is 6.07 Å². The van der Waals surface area contributed by atoms with Gasteiger partial charge in [0.1, 0.15) is 41.0 Å². The zero-order valence-electron chi connectivity index (χ0n) is 23.7. The lowest BCUT2D eigenvalue weighted by Crippen LogP contribution is -2.43. The van der Waals surface area contributed by atoms with Gasteiger partial charge >= 0.3 is 6.01 Å². The Morgan fingerprint density at radius 2 is 2.02 bits per heavy atom. The smallest absolute Gasteiger partial charge is 0.319 e. The summed E-state index contributed by atoms with van der Waals surface area (Å²) in [5, 5.41) is 7.10. The van der Waals surface area contributed by atoms with E-state index in [2.05, 4.69) is 35.5 Å². The normalized spacial score (nSPS) is 24.4. The van der Waals surface area contributed by atoms with E-state index >= 15 is 8.78 Å². The molecule has 3 atom stereocenters. The molecule has 0 bridgehead atoms. The van der Waals surface area contributed by atoms with Gasteiger partial charge in [0, 0.05) is 32.3 Å². The van der Waals surface area contributed by atoms with E-state index in [1.54, 1.807) is 6.07 Å². The van der Waals surface area contributed by atoms with Crippen molar-refractivity contribution in [2.45, 2.75) is 50.4 Å². The van der Waals surface area contributed by atoms with Crippen molar-refractivity contribution in [3.8, 4) is 23.1 Å². The minimum atomic E-state index is -0.946. The molecule has 3 aromatic heterocycles. The number of aromatic amines is 1. The van der Waals surface area contributed by atoms with Crippen LogP contribution in [0.25, 0.3) is 32.9 Å². The molecule has 0 unspecified atom stereocenters. The molecule has 10 nitrogen and oxygen atoms in total. The van der Waals surface area contributed by atoms with Crippen LogP contribution in [0, 0.1) is 11.6 Å². The number of hydrogen-bond acceptors (Lipinski definition) is 9. The Bertz CT molecular complexity index is 1770. The van der Waals surface area contributed by atoms with Gasteiger partial charge < -0.3 is 25.1 Å². The van der Waals surface area contributed by atoms with Gasteiger partial charge in [-0.2, -0.15) is 9.97 Å². The number of anilines is 1. The van der Waals surface area contributed by atoms with E-state index in [9.17, 15) is 9.18 Å². The number of hydrogen-bond donors (Lipinski definition) is 3. The van der Waals surface area contributed by atoms with Crippen molar-refractivity contribution in [2.75, 3.05) is 44.6 Å². The Morgan fingerprint density at radius 3 is 2.91 bits per heavy atom. The van der Waals surface area contributed by atoms with Gasteiger partial charge in [-0.15, -0.1) is 0 Å². The first-order valence-electron chi connectivity index (χ1n) is 14.7. The topological polar surface area (TPSA) is 117 Å². The highest BCUT2D eigenvalue weighted by Gasteiger charge is 2.49. The van der Waals surface area contributed by atoms with Crippen molar-refractivity contribution in [2.24, 2.45) is 0 Å². The molecule has 3 aliphatic heterocycles. The molecule has 13 heteroatoms. The Labute approximate surface area is 245 Å². The highest BCUT2D eigenvalue weighted by molar-refractivity contribution is 6.00. The van der Waals surface area contributed by atoms with Crippen LogP contribution < -0.4 is 25.7 Å². The molecular weight excluding hydrogens is 563 g/mol. The van der Waals surface area contributed by atoms with E-state index in [0.29, 0.717) is 44.4 Å². The maximum atomic E-state index is 16.7. The molecule has 0 saturated carbocycles. The van der Waals surface area contributed by atoms with Gasteiger partial charge in [0.05, 0.1) is 22.6 Å². The molecular formula is C30H32F3N7O3. The van der Waals surface area contributed by atoms with Crippen LogP contribution in [0.3, 0.4) is 0 Å². The van der Waals surface area contributed by atoms with E-state index in [-0.39, 0.29) is 52.3 Å². The lowest BCUT2D eigenvalue weighted by Gasteiger charge is -2.30. The number of aromatic nitrogens is 4. The summed E-state index contributed by atoms with van der Waals surface area (Å²) in [6, 6.07) is 4.13. The summed E-state index contributed by atoms with van der Waals surface area (Å²) >= 11 is 0. The number of rotatable bonds is 4. The lowest BCUT2D eigenvalue weighted by molar-refractivity contribution is 0.107. The first-order chi connectivity index (χ1) is 20.8. The third-order valence-electron chi connectivity index (χ3n) is 8.72. The summed E-state index contributed by atoms with van der Waals surface area (Å²) in [5.74, 6) is -1.51.